The highest BCUT2D eigenvalue weighted by atomic mass is 16.3. The Morgan fingerprint density at radius 3 is 2.14 bits per heavy atom. The molecule has 0 radical (unpaired) electrons. The second kappa shape index (κ2) is 4.19. The Bertz CT molecular complexity index is 181. The molecule has 0 amide bonds. The second-order valence-corrected chi connectivity index (χ2v) is 5.76. The molecular formula is C12H25NO. The Hall–Kier alpha value is -0.0800. The lowest BCUT2D eigenvalue weighted by molar-refractivity contribution is 0.0689. The van der Waals surface area contributed by atoms with Gasteiger partial charge in [0.2, 0.25) is 0 Å². The van der Waals surface area contributed by atoms with Gasteiger partial charge in [-0.15, -0.1) is 0 Å². The molecule has 2 nitrogen and oxygen atoms in total. The summed E-state index contributed by atoms with van der Waals surface area (Å²) >= 11 is 0. The third-order valence-electron chi connectivity index (χ3n) is 4.18. The molecule has 84 valence electrons. The molecule has 1 fully saturated rings. The Morgan fingerprint density at radius 2 is 1.86 bits per heavy atom. The van der Waals surface area contributed by atoms with Gasteiger partial charge >= 0.3 is 0 Å². The van der Waals surface area contributed by atoms with Crippen LogP contribution in [-0.4, -0.2) is 17.3 Å². The Morgan fingerprint density at radius 1 is 1.29 bits per heavy atom. The molecular weight excluding hydrogens is 174 g/mol. The standard InChI is InChI=1S/C12H25NO/c1-11(2,13)12(3,7-8-14)9-10-5-4-6-10/h10,14H,4-9,13H2,1-3H3. The molecule has 0 aromatic heterocycles. The molecule has 0 bridgehead atoms. The van der Waals surface area contributed by atoms with Crippen LogP contribution >= 0.6 is 0 Å². The van der Waals surface area contributed by atoms with Crippen LogP contribution in [0, 0.1) is 11.3 Å². The van der Waals surface area contributed by atoms with Crippen LogP contribution in [0.1, 0.15) is 52.9 Å². The molecule has 2 heteroatoms. The summed E-state index contributed by atoms with van der Waals surface area (Å²) in [5.41, 5.74) is 6.12. The van der Waals surface area contributed by atoms with Gasteiger partial charge in [0.05, 0.1) is 0 Å². The number of hydrogen-bond acceptors (Lipinski definition) is 2. The molecule has 1 atom stereocenters. The van der Waals surface area contributed by atoms with Crippen molar-refractivity contribution in [2.24, 2.45) is 17.1 Å². The van der Waals surface area contributed by atoms with Crippen LogP contribution in [0.25, 0.3) is 0 Å². The first-order valence-corrected chi connectivity index (χ1v) is 5.79. The summed E-state index contributed by atoms with van der Waals surface area (Å²) in [5, 5.41) is 9.11. The minimum absolute atomic E-state index is 0.0901. The number of aliphatic hydroxyl groups is 1. The lowest BCUT2D eigenvalue weighted by Gasteiger charge is -2.45. The van der Waals surface area contributed by atoms with E-state index in [1.807, 2.05) is 0 Å². The number of aliphatic hydroxyl groups excluding tert-OH is 1. The van der Waals surface area contributed by atoms with Crippen molar-refractivity contribution in [2.45, 2.75) is 58.4 Å². The molecule has 1 saturated carbocycles. The third kappa shape index (κ3) is 2.48. The second-order valence-electron chi connectivity index (χ2n) is 5.76. The van der Waals surface area contributed by atoms with Gasteiger partial charge in [0, 0.05) is 12.1 Å². The van der Waals surface area contributed by atoms with E-state index < -0.39 is 0 Å². The van der Waals surface area contributed by atoms with E-state index in [4.69, 9.17) is 10.8 Å². The largest absolute Gasteiger partial charge is 0.396 e. The van der Waals surface area contributed by atoms with Crippen LogP contribution in [0.5, 0.6) is 0 Å². The molecule has 1 aliphatic rings. The average molecular weight is 199 g/mol. The van der Waals surface area contributed by atoms with Gasteiger partial charge in [-0.3, -0.25) is 0 Å². The van der Waals surface area contributed by atoms with Crippen molar-refractivity contribution < 1.29 is 5.11 Å². The van der Waals surface area contributed by atoms with Crippen molar-refractivity contribution in [2.75, 3.05) is 6.61 Å². The summed E-state index contributed by atoms with van der Waals surface area (Å²) in [6.07, 6.45) is 6.10. The van der Waals surface area contributed by atoms with E-state index in [2.05, 4.69) is 20.8 Å². The smallest absolute Gasteiger partial charge is 0.0436 e. The first-order chi connectivity index (χ1) is 6.39. The predicted molar refractivity (Wildman–Crippen MR) is 60.0 cm³/mol. The van der Waals surface area contributed by atoms with Crippen molar-refractivity contribution in [3.8, 4) is 0 Å². The summed E-state index contributed by atoms with van der Waals surface area (Å²) < 4.78 is 0. The van der Waals surface area contributed by atoms with Crippen LogP contribution in [0.4, 0.5) is 0 Å². The molecule has 14 heavy (non-hydrogen) atoms. The van der Waals surface area contributed by atoms with Crippen molar-refractivity contribution in [1.82, 2.24) is 0 Å². The molecule has 3 N–H and O–H groups in total. The van der Waals surface area contributed by atoms with Gasteiger partial charge in [-0.25, -0.2) is 0 Å². The van der Waals surface area contributed by atoms with E-state index in [-0.39, 0.29) is 17.6 Å². The fourth-order valence-electron chi connectivity index (χ4n) is 2.27. The highest BCUT2D eigenvalue weighted by molar-refractivity contribution is 4.95. The normalized spacial score (nSPS) is 22.9. The zero-order valence-electron chi connectivity index (χ0n) is 9.84. The summed E-state index contributed by atoms with van der Waals surface area (Å²) in [4.78, 5) is 0. The van der Waals surface area contributed by atoms with Gasteiger partial charge in [-0.2, -0.15) is 0 Å². The van der Waals surface area contributed by atoms with Crippen molar-refractivity contribution in [3.05, 3.63) is 0 Å². The maximum Gasteiger partial charge on any atom is 0.0436 e. The third-order valence-corrected chi connectivity index (χ3v) is 4.18. The summed E-state index contributed by atoms with van der Waals surface area (Å²) in [5.74, 6) is 0.856. The lowest BCUT2D eigenvalue weighted by Crippen LogP contribution is -2.50. The number of rotatable bonds is 5. The summed E-state index contributed by atoms with van der Waals surface area (Å²) in [7, 11) is 0. The maximum atomic E-state index is 9.11. The van der Waals surface area contributed by atoms with Crippen molar-refractivity contribution >= 4 is 0 Å². The zero-order valence-corrected chi connectivity index (χ0v) is 9.84. The molecule has 0 aliphatic heterocycles. The topological polar surface area (TPSA) is 46.2 Å². The number of hydrogen-bond donors (Lipinski definition) is 2. The quantitative estimate of drug-likeness (QED) is 0.713. The molecule has 0 spiro atoms. The van der Waals surface area contributed by atoms with Crippen LogP contribution in [0.15, 0.2) is 0 Å². The van der Waals surface area contributed by atoms with E-state index in [0.29, 0.717) is 0 Å². The Kier molecular flexibility index (Phi) is 3.59. The van der Waals surface area contributed by atoms with Gasteiger partial charge < -0.3 is 10.8 Å². The van der Waals surface area contributed by atoms with E-state index in [0.717, 1.165) is 12.3 Å². The lowest BCUT2D eigenvalue weighted by atomic mass is 9.63. The first-order valence-electron chi connectivity index (χ1n) is 5.79. The first kappa shape index (κ1) is 12.0. The fourth-order valence-corrected chi connectivity index (χ4v) is 2.27. The van der Waals surface area contributed by atoms with Gasteiger partial charge in [0.15, 0.2) is 0 Å². The summed E-state index contributed by atoms with van der Waals surface area (Å²) in [6, 6.07) is 0. The van der Waals surface area contributed by atoms with E-state index in [1.54, 1.807) is 0 Å². The maximum absolute atomic E-state index is 9.11. The fraction of sp³-hybridized carbons (Fsp3) is 1.00. The van der Waals surface area contributed by atoms with Crippen LogP contribution in [0.3, 0.4) is 0 Å². The molecule has 1 aliphatic carbocycles. The Labute approximate surface area is 87.9 Å². The molecule has 1 unspecified atom stereocenters. The van der Waals surface area contributed by atoms with E-state index in [9.17, 15) is 0 Å². The van der Waals surface area contributed by atoms with Crippen LogP contribution in [-0.2, 0) is 0 Å². The summed E-state index contributed by atoms with van der Waals surface area (Å²) in [6.45, 7) is 6.65. The van der Waals surface area contributed by atoms with Crippen molar-refractivity contribution in [3.63, 3.8) is 0 Å². The molecule has 0 aromatic rings. The molecule has 1 rings (SSSR count). The SMILES string of the molecule is CC(C)(N)C(C)(CCO)CC1CCC1. The highest BCUT2D eigenvalue weighted by Gasteiger charge is 2.40. The highest BCUT2D eigenvalue weighted by Crippen LogP contribution is 2.44. The van der Waals surface area contributed by atoms with Crippen LogP contribution in [0.2, 0.25) is 0 Å². The van der Waals surface area contributed by atoms with Gasteiger partial charge in [0.25, 0.3) is 0 Å². The Balaban J connectivity index is 2.59. The molecule has 0 heterocycles. The van der Waals surface area contributed by atoms with Gasteiger partial charge in [-0.1, -0.05) is 26.2 Å². The zero-order chi connectivity index (χ0) is 10.8. The minimum atomic E-state index is -0.189. The van der Waals surface area contributed by atoms with E-state index >= 15 is 0 Å². The molecule has 0 aromatic carbocycles. The van der Waals surface area contributed by atoms with Crippen molar-refractivity contribution in [1.29, 1.82) is 0 Å². The minimum Gasteiger partial charge on any atom is -0.396 e. The van der Waals surface area contributed by atoms with Crippen LogP contribution < -0.4 is 5.73 Å². The predicted octanol–water partition coefficient (Wildman–Crippen LogP) is 2.30. The number of nitrogens with two attached hydrogens (primary N) is 1. The monoisotopic (exact) mass is 199 g/mol. The molecule has 0 saturated heterocycles. The van der Waals surface area contributed by atoms with Gasteiger partial charge in [-0.05, 0) is 38.0 Å². The van der Waals surface area contributed by atoms with E-state index in [1.165, 1.54) is 25.7 Å². The van der Waals surface area contributed by atoms with Gasteiger partial charge in [0.1, 0.15) is 0 Å². The average Bonchev–Trinajstić information content (AvgIpc) is 1.95.